The molecule has 2 heterocycles. The van der Waals surface area contributed by atoms with Gasteiger partial charge in [0, 0.05) is 18.9 Å². The number of para-hydroxylation sites is 2. The van der Waals surface area contributed by atoms with Crippen molar-refractivity contribution in [3.63, 3.8) is 0 Å². The van der Waals surface area contributed by atoms with E-state index in [-0.39, 0.29) is 24.8 Å². The van der Waals surface area contributed by atoms with E-state index >= 15 is 0 Å². The first kappa shape index (κ1) is 40.3. The topological polar surface area (TPSA) is 192 Å². The van der Waals surface area contributed by atoms with Gasteiger partial charge in [-0.05, 0) is 76.3 Å². The second-order valence-corrected chi connectivity index (χ2v) is 19.3. The lowest BCUT2D eigenvalue weighted by Crippen LogP contribution is -2.58. The van der Waals surface area contributed by atoms with E-state index in [1.807, 2.05) is 56.5 Å². The van der Waals surface area contributed by atoms with Crippen LogP contribution in [0.1, 0.15) is 113 Å². The number of amides is 4. The van der Waals surface area contributed by atoms with Crippen molar-refractivity contribution in [1.29, 1.82) is 0 Å². The zero-order valence-electron chi connectivity index (χ0n) is 32.3. The maximum absolute atomic E-state index is 14.0. The lowest BCUT2D eigenvalue weighted by Gasteiger charge is -2.35. The Kier molecular flexibility index (Phi) is 11.8. The number of likely N-dealkylation sites (tertiary alicyclic amines) is 1. The molecule has 3 aliphatic rings. The molecule has 4 N–H and O–H groups in total. The van der Waals surface area contributed by atoms with Crippen LogP contribution in [0.4, 0.5) is 4.79 Å². The molecule has 5 unspecified atom stereocenters. The van der Waals surface area contributed by atoms with Gasteiger partial charge in [-0.3, -0.25) is 23.7 Å². The summed E-state index contributed by atoms with van der Waals surface area (Å²) in [6.07, 6.45) is 5.40. The molecule has 5 rings (SSSR count). The largest absolute Gasteiger partial charge is 0.459 e. The summed E-state index contributed by atoms with van der Waals surface area (Å²) in [6.45, 7) is 13.4. The third kappa shape index (κ3) is 9.63. The molecule has 0 radical (unpaired) electrons. The molecule has 5 atom stereocenters. The molecule has 0 bridgehead atoms. The molecule has 2 saturated carbocycles. The van der Waals surface area contributed by atoms with Gasteiger partial charge in [0.2, 0.25) is 27.7 Å². The van der Waals surface area contributed by atoms with Gasteiger partial charge in [-0.1, -0.05) is 65.5 Å². The standard InChI is InChI=1S/C38H58N6O8S/c1-8-24-21-26(24)32(46)42-53(49,50)38(18-19-38)17-13-9-10-14-20-43-28-16-12-11-15-27(28)40-34(43)51-25-22-29(31(39)45)44(23-25)33(47)30(36(2,3)4)41-35(48)52-37(5,6)7/h11-12,15-16,24-26,29-30H,8-10,13-14,17-23H2,1-7H3,(H2,39,45)(H,41,48)(H,42,46). The van der Waals surface area contributed by atoms with E-state index in [1.165, 1.54) is 4.90 Å². The summed E-state index contributed by atoms with van der Waals surface area (Å²) in [6, 6.07) is 6.11. The predicted octanol–water partition coefficient (Wildman–Crippen LogP) is 4.78. The molecule has 294 valence electrons. The van der Waals surface area contributed by atoms with Gasteiger partial charge in [-0.2, -0.15) is 4.98 Å². The van der Waals surface area contributed by atoms with Crippen molar-refractivity contribution in [1.82, 2.24) is 24.5 Å². The van der Waals surface area contributed by atoms with Crippen LogP contribution >= 0.6 is 0 Å². The molecule has 1 aromatic heterocycles. The van der Waals surface area contributed by atoms with Crippen LogP contribution in [-0.4, -0.2) is 81.8 Å². The summed E-state index contributed by atoms with van der Waals surface area (Å²) >= 11 is 0. The number of unbranched alkanes of at least 4 members (excludes halogenated alkanes) is 3. The van der Waals surface area contributed by atoms with E-state index in [0.29, 0.717) is 37.7 Å². The summed E-state index contributed by atoms with van der Waals surface area (Å²) in [5.41, 5.74) is 5.96. The van der Waals surface area contributed by atoms with Crippen LogP contribution in [0.3, 0.4) is 0 Å². The number of ether oxygens (including phenoxy) is 2. The quantitative estimate of drug-likeness (QED) is 0.202. The molecule has 15 heteroatoms. The normalized spacial score (nSPS) is 23.0. The first-order valence-corrected chi connectivity index (χ1v) is 20.5. The SMILES string of the molecule is CCC1CC1C(=O)NS(=O)(=O)C1(CCCCCCn2c(OC3CC(C(N)=O)N(C(=O)C(NC(=O)OC(C)(C)C)C(C)(C)C)C3)nc3ccccc32)CC1. The molecule has 1 aromatic carbocycles. The highest BCUT2D eigenvalue weighted by Gasteiger charge is 2.55. The average molecular weight is 759 g/mol. The highest BCUT2D eigenvalue weighted by molar-refractivity contribution is 7.91. The molecule has 1 saturated heterocycles. The van der Waals surface area contributed by atoms with Gasteiger partial charge in [0.05, 0.1) is 22.3 Å². The molecule has 2 aliphatic carbocycles. The van der Waals surface area contributed by atoms with E-state index < -0.39 is 61.9 Å². The number of nitrogens with one attached hydrogen (secondary N) is 2. The number of carbonyl (C=O) groups is 4. The summed E-state index contributed by atoms with van der Waals surface area (Å²) in [4.78, 5) is 58.0. The molecule has 3 fully saturated rings. The van der Waals surface area contributed by atoms with Gasteiger partial charge in [0.25, 0.3) is 6.01 Å². The Balaban J connectivity index is 1.19. The highest BCUT2D eigenvalue weighted by Crippen LogP contribution is 2.48. The highest BCUT2D eigenvalue weighted by atomic mass is 32.2. The first-order chi connectivity index (χ1) is 24.7. The van der Waals surface area contributed by atoms with E-state index in [2.05, 4.69) is 10.0 Å². The van der Waals surface area contributed by atoms with Crippen LogP contribution in [-0.2, 0) is 35.7 Å². The number of sulfonamides is 1. The van der Waals surface area contributed by atoms with Crippen molar-refractivity contribution in [2.24, 2.45) is 23.0 Å². The van der Waals surface area contributed by atoms with Crippen molar-refractivity contribution in [2.45, 2.75) is 148 Å². The van der Waals surface area contributed by atoms with Crippen molar-refractivity contribution >= 4 is 44.9 Å². The predicted molar refractivity (Wildman–Crippen MR) is 200 cm³/mol. The van der Waals surface area contributed by atoms with Crippen LogP contribution in [0, 0.1) is 17.3 Å². The average Bonchev–Trinajstić information content (AvgIpc) is 3.96. The van der Waals surface area contributed by atoms with Crippen LogP contribution < -0.4 is 20.5 Å². The Morgan fingerprint density at radius 1 is 1.02 bits per heavy atom. The van der Waals surface area contributed by atoms with Crippen LogP contribution in [0.25, 0.3) is 11.0 Å². The van der Waals surface area contributed by atoms with Gasteiger partial charge in [0.1, 0.15) is 23.8 Å². The van der Waals surface area contributed by atoms with E-state index in [9.17, 15) is 27.6 Å². The Bertz CT molecular complexity index is 1790. The second-order valence-electron chi connectivity index (χ2n) is 17.2. The van der Waals surface area contributed by atoms with Crippen molar-refractivity contribution < 1.29 is 37.1 Å². The monoisotopic (exact) mass is 758 g/mol. The molecule has 0 spiro atoms. The lowest BCUT2D eigenvalue weighted by atomic mass is 9.85. The second kappa shape index (κ2) is 15.5. The fourth-order valence-corrected chi connectivity index (χ4v) is 9.03. The summed E-state index contributed by atoms with van der Waals surface area (Å²) in [5.74, 6) is -1.35. The molecule has 4 amide bonds. The van der Waals surface area contributed by atoms with Crippen LogP contribution in [0.5, 0.6) is 6.01 Å². The number of benzene rings is 1. The third-order valence-corrected chi connectivity index (χ3v) is 12.9. The number of imidazole rings is 1. The number of fused-ring (bicyclic) bond motifs is 1. The third-order valence-electron chi connectivity index (χ3n) is 10.7. The number of nitrogens with zero attached hydrogens (tertiary/aromatic N) is 3. The van der Waals surface area contributed by atoms with Gasteiger partial charge < -0.3 is 25.4 Å². The fourth-order valence-electron chi connectivity index (χ4n) is 7.34. The zero-order chi connectivity index (χ0) is 38.9. The number of hydrogen-bond acceptors (Lipinski definition) is 9. The number of aryl methyl sites for hydroxylation is 1. The molecular formula is C38H58N6O8S. The number of hydrogen-bond donors (Lipinski definition) is 3. The Hall–Kier alpha value is -3.88. The number of alkyl carbamates (subject to hydrolysis) is 1. The first-order valence-electron chi connectivity index (χ1n) is 19.0. The summed E-state index contributed by atoms with van der Waals surface area (Å²) in [7, 11) is -3.70. The number of nitrogens with two attached hydrogens (primary N) is 1. The number of carbonyl (C=O) groups excluding carboxylic acids is 4. The van der Waals surface area contributed by atoms with E-state index in [1.54, 1.807) is 20.8 Å². The molecule has 2 aromatic rings. The van der Waals surface area contributed by atoms with E-state index in [0.717, 1.165) is 49.6 Å². The van der Waals surface area contributed by atoms with E-state index in [4.69, 9.17) is 20.2 Å². The fraction of sp³-hybridized carbons (Fsp3) is 0.711. The van der Waals surface area contributed by atoms with Crippen LogP contribution in [0.15, 0.2) is 24.3 Å². The summed E-state index contributed by atoms with van der Waals surface area (Å²) in [5, 5.41) is 2.71. The van der Waals surface area contributed by atoms with Crippen molar-refractivity contribution in [3.05, 3.63) is 24.3 Å². The maximum Gasteiger partial charge on any atom is 0.408 e. The van der Waals surface area contributed by atoms with Gasteiger partial charge in [0.15, 0.2) is 0 Å². The molecule has 1 aliphatic heterocycles. The minimum absolute atomic E-state index is 0.0726. The number of primary amides is 1. The Labute approximate surface area is 313 Å². The van der Waals surface area contributed by atoms with Crippen molar-refractivity contribution in [3.8, 4) is 6.01 Å². The molecule has 14 nitrogen and oxygen atoms in total. The number of rotatable bonds is 16. The minimum atomic E-state index is -3.70. The maximum atomic E-state index is 14.0. The van der Waals surface area contributed by atoms with Gasteiger partial charge in [-0.15, -0.1) is 0 Å². The Morgan fingerprint density at radius 3 is 2.30 bits per heavy atom. The lowest BCUT2D eigenvalue weighted by molar-refractivity contribution is -0.141. The molecule has 53 heavy (non-hydrogen) atoms. The van der Waals surface area contributed by atoms with Gasteiger partial charge >= 0.3 is 6.09 Å². The number of aromatic nitrogens is 2. The van der Waals surface area contributed by atoms with Crippen LogP contribution in [0.2, 0.25) is 0 Å². The summed E-state index contributed by atoms with van der Waals surface area (Å²) < 4.78 is 41.6. The smallest absolute Gasteiger partial charge is 0.408 e. The molecular weight excluding hydrogens is 701 g/mol. The minimum Gasteiger partial charge on any atom is -0.459 e. The van der Waals surface area contributed by atoms with Gasteiger partial charge in [-0.25, -0.2) is 13.2 Å². The zero-order valence-corrected chi connectivity index (χ0v) is 33.1. The van der Waals surface area contributed by atoms with Crippen molar-refractivity contribution in [2.75, 3.05) is 6.54 Å². The Morgan fingerprint density at radius 2 is 1.70 bits per heavy atom.